The number of carbonyl (C=O) groups excluding carboxylic acids is 2. The monoisotopic (exact) mass is 476 g/mol. The van der Waals surface area contributed by atoms with Gasteiger partial charge in [-0.1, -0.05) is 55.0 Å². The number of nitrogens with zero attached hydrogens (tertiary/aromatic N) is 1. The summed E-state index contributed by atoms with van der Waals surface area (Å²) in [6, 6.07) is 16.1. The Morgan fingerprint density at radius 1 is 0.971 bits per heavy atom. The van der Waals surface area contributed by atoms with Crippen LogP contribution in [-0.2, 0) is 14.3 Å². The van der Waals surface area contributed by atoms with Gasteiger partial charge in [-0.25, -0.2) is 4.79 Å². The summed E-state index contributed by atoms with van der Waals surface area (Å²) in [5.74, 6) is -1.22. The average molecular weight is 477 g/mol. The molecule has 2 aliphatic carbocycles. The Labute approximate surface area is 205 Å². The molecule has 7 heteroatoms. The predicted molar refractivity (Wildman–Crippen MR) is 131 cm³/mol. The maximum Gasteiger partial charge on any atom is 0.407 e. The van der Waals surface area contributed by atoms with Gasteiger partial charge in [-0.05, 0) is 53.9 Å². The van der Waals surface area contributed by atoms with Crippen molar-refractivity contribution in [3.63, 3.8) is 0 Å². The molecular weight excluding hydrogens is 444 g/mol. The van der Waals surface area contributed by atoms with Gasteiger partial charge in [0.1, 0.15) is 6.61 Å². The number of benzene rings is 2. The summed E-state index contributed by atoms with van der Waals surface area (Å²) >= 11 is 0. The summed E-state index contributed by atoms with van der Waals surface area (Å²) in [5.41, 5.74) is 4.67. The van der Waals surface area contributed by atoms with E-state index < -0.39 is 18.0 Å². The van der Waals surface area contributed by atoms with Gasteiger partial charge in [0, 0.05) is 31.5 Å². The summed E-state index contributed by atoms with van der Waals surface area (Å²) in [6.45, 7) is 1.05. The number of carbonyl (C=O) groups is 3. The number of hydrogen-bond acceptors (Lipinski definition) is 4. The number of alkyl carbamates (subject to hydrolysis) is 1. The first-order valence-corrected chi connectivity index (χ1v) is 12.6. The highest BCUT2D eigenvalue weighted by molar-refractivity contribution is 5.80. The summed E-state index contributed by atoms with van der Waals surface area (Å²) in [6.07, 6.45) is 4.00. The highest BCUT2D eigenvalue weighted by Gasteiger charge is 2.35. The van der Waals surface area contributed by atoms with Crippen molar-refractivity contribution in [2.24, 2.45) is 11.8 Å². The van der Waals surface area contributed by atoms with Crippen molar-refractivity contribution >= 4 is 18.0 Å². The largest absolute Gasteiger partial charge is 0.481 e. The van der Waals surface area contributed by atoms with Crippen LogP contribution in [0.4, 0.5) is 4.79 Å². The Hall–Kier alpha value is -3.35. The second-order valence-corrected chi connectivity index (χ2v) is 9.99. The molecule has 7 nitrogen and oxygen atoms in total. The molecule has 2 amide bonds. The van der Waals surface area contributed by atoms with Crippen molar-refractivity contribution in [2.75, 3.05) is 19.7 Å². The molecule has 2 N–H and O–H groups in total. The number of nitrogens with one attached hydrogen (secondary N) is 1. The van der Waals surface area contributed by atoms with Crippen LogP contribution < -0.4 is 5.32 Å². The lowest BCUT2D eigenvalue weighted by atomic mass is 9.78. The molecule has 1 unspecified atom stereocenters. The molecule has 2 aromatic rings. The first-order valence-electron chi connectivity index (χ1n) is 12.6. The van der Waals surface area contributed by atoms with Crippen LogP contribution in [0, 0.1) is 11.8 Å². The van der Waals surface area contributed by atoms with Crippen molar-refractivity contribution < 1.29 is 24.2 Å². The fourth-order valence-corrected chi connectivity index (χ4v) is 5.69. The molecule has 1 aliphatic heterocycles. The molecular formula is C28H32N2O5. The Kier molecular flexibility index (Phi) is 6.75. The lowest BCUT2D eigenvalue weighted by Crippen LogP contribution is -2.49. The first-order chi connectivity index (χ1) is 17.0. The van der Waals surface area contributed by atoms with Crippen molar-refractivity contribution in [2.45, 2.75) is 50.5 Å². The van der Waals surface area contributed by atoms with Crippen LogP contribution >= 0.6 is 0 Å². The number of amides is 2. The molecule has 2 aromatic carbocycles. The number of fused-ring (bicyclic) bond motifs is 3. The smallest absolute Gasteiger partial charge is 0.407 e. The molecule has 35 heavy (non-hydrogen) atoms. The molecule has 0 aromatic heterocycles. The van der Waals surface area contributed by atoms with Crippen LogP contribution in [0.1, 0.15) is 55.6 Å². The molecule has 0 spiro atoms. The average Bonchev–Trinajstić information content (AvgIpc) is 3.15. The molecule has 0 radical (unpaired) electrons. The minimum absolute atomic E-state index is 0.0155. The molecule has 5 rings (SSSR count). The number of rotatable bonds is 7. The maximum absolute atomic E-state index is 13.0. The predicted octanol–water partition coefficient (Wildman–Crippen LogP) is 4.41. The number of likely N-dealkylation sites (tertiary alicyclic amines) is 1. The molecule has 1 saturated heterocycles. The topological polar surface area (TPSA) is 95.9 Å². The highest BCUT2D eigenvalue weighted by Crippen LogP contribution is 2.44. The second kappa shape index (κ2) is 10.1. The van der Waals surface area contributed by atoms with Crippen molar-refractivity contribution in [3.8, 4) is 11.1 Å². The highest BCUT2D eigenvalue weighted by atomic mass is 16.5. The van der Waals surface area contributed by atoms with E-state index >= 15 is 0 Å². The lowest BCUT2D eigenvalue weighted by molar-refractivity contribution is -0.145. The Bertz CT molecular complexity index is 1070. The maximum atomic E-state index is 13.0. The van der Waals surface area contributed by atoms with Crippen LogP contribution in [0.15, 0.2) is 48.5 Å². The number of aliphatic carboxylic acids is 1. The Balaban J connectivity index is 1.21. The van der Waals surface area contributed by atoms with Gasteiger partial charge in [0.2, 0.25) is 5.91 Å². The van der Waals surface area contributed by atoms with Crippen molar-refractivity contribution in [1.29, 1.82) is 0 Å². The van der Waals surface area contributed by atoms with Crippen LogP contribution in [0.5, 0.6) is 0 Å². The van der Waals surface area contributed by atoms with Crippen LogP contribution in [0.25, 0.3) is 11.1 Å². The van der Waals surface area contributed by atoms with Crippen molar-refractivity contribution in [3.05, 3.63) is 59.7 Å². The van der Waals surface area contributed by atoms with Gasteiger partial charge in [-0.3, -0.25) is 9.59 Å². The van der Waals surface area contributed by atoms with E-state index in [9.17, 15) is 19.5 Å². The lowest BCUT2D eigenvalue weighted by Gasteiger charge is -2.36. The Morgan fingerprint density at radius 3 is 2.23 bits per heavy atom. The number of hydrogen-bond donors (Lipinski definition) is 2. The molecule has 1 heterocycles. The zero-order chi connectivity index (χ0) is 24.4. The first kappa shape index (κ1) is 23.4. The minimum Gasteiger partial charge on any atom is -0.481 e. The summed E-state index contributed by atoms with van der Waals surface area (Å²) in [4.78, 5) is 38.9. The van der Waals surface area contributed by atoms with Gasteiger partial charge >= 0.3 is 12.1 Å². The van der Waals surface area contributed by atoms with E-state index in [1.165, 1.54) is 11.1 Å². The molecule has 0 bridgehead atoms. The SMILES string of the molecule is O=C(NC(CC(=O)N1CCC[C@@H](C(=O)O)C1)C1CCC1)OCC1c2ccccc2-c2ccccc21. The van der Waals surface area contributed by atoms with E-state index in [1.807, 2.05) is 24.3 Å². The second-order valence-electron chi connectivity index (χ2n) is 9.99. The van der Waals surface area contributed by atoms with Gasteiger partial charge < -0.3 is 20.1 Å². The third-order valence-electron chi connectivity index (χ3n) is 7.88. The normalized spacial score (nSPS) is 20.3. The number of carboxylic acids is 1. The number of ether oxygens (including phenoxy) is 1. The summed E-state index contributed by atoms with van der Waals surface area (Å²) < 4.78 is 5.71. The Morgan fingerprint density at radius 2 is 1.63 bits per heavy atom. The van der Waals surface area contributed by atoms with E-state index in [4.69, 9.17) is 4.74 Å². The molecule has 3 aliphatic rings. The van der Waals surface area contributed by atoms with Gasteiger partial charge in [-0.2, -0.15) is 0 Å². The van der Waals surface area contributed by atoms with Crippen LogP contribution in [-0.4, -0.2) is 53.7 Å². The van der Waals surface area contributed by atoms with Crippen molar-refractivity contribution in [1.82, 2.24) is 10.2 Å². The quantitative estimate of drug-likeness (QED) is 0.617. The van der Waals surface area contributed by atoms with Gasteiger partial charge in [-0.15, -0.1) is 0 Å². The van der Waals surface area contributed by atoms with Crippen LogP contribution in [0.2, 0.25) is 0 Å². The molecule has 2 fully saturated rings. The van der Waals surface area contributed by atoms with E-state index in [0.29, 0.717) is 19.4 Å². The summed E-state index contributed by atoms with van der Waals surface area (Å²) in [5, 5.41) is 12.3. The molecule has 1 saturated carbocycles. The fraction of sp³-hybridized carbons (Fsp3) is 0.464. The van der Waals surface area contributed by atoms with Crippen LogP contribution in [0.3, 0.4) is 0 Å². The van der Waals surface area contributed by atoms with E-state index in [-0.39, 0.29) is 43.4 Å². The van der Waals surface area contributed by atoms with Gasteiger partial charge in [0.15, 0.2) is 0 Å². The van der Waals surface area contributed by atoms with E-state index in [1.54, 1.807) is 4.90 Å². The van der Waals surface area contributed by atoms with E-state index in [0.717, 1.165) is 30.4 Å². The number of piperidine rings is 1. The zero-order valence-electron chi connectivity index (χ0n) is 19.8. The molecule has 184 valence electrons. The summed E-state index contributed by atoms with van der Waals surface area (Å²) in [7, 11) is 0. The zero-order valence-corrected chi connectivity index (χ0v) is 19.8. The third kappa shape index (κ3) is 4.90. The van der Waals surface area contributed by atoms with Gasteiger partial charge in [0.05, 0.1) is 5.92 Å². The third-order valence-corrected chi connectivity index (χ3v) is 7.88. The fourth-order valence-electron chi connectivity index (χ4n) is 5.69. The molecule has 2 atom stereocenters. The standard InChI is InChI=1S/C28H32N2O5/c31-26(30-14-6-9-19(16-30)27(32)33)15-25(18-7-5-8-18)29-28(34)35-17-24-22-12-3-1-10-20(22)21-11-2-4-13-23(21)24/h1-4,10-13,18-19,24-25H,5-9,14-17H2,(H,29,34)(H,32,33)/t19-,25?/m1/s1. The van der Waals surface area contributed by atoms with E-state index in [2.05, 4.69) is 29.6 Å². The van der Waals surface area contributed by atoms with Gasteiger partial charge in [0.25, 0.3) is 0 Å². The number of carboxylic acid groups (broad SMARTS) is 1. The minimum atomic E-state index is -0.852.